The van der Waals surface area contributed by atoms with Gasteiger partial charge in [0.2, 0.25) is 0 Å². The molecule has 0 fully saturated rings. The fourth-order valence-electron chi connectivity index (χ4n) is 1.05. The van der Waals surface area contributed by atoms with Gasteiger partial charge < -0.3 is 0 Å². The van der Waals surface area contributed by atoms with Crippen molar-refractivity contribution in [1.29, 1.82) is 0 Å². The molecule has 0 aromatic carbocycles. The normalized spacial score (nSPS) is 12.8. The summed E-state index contributed by atoms with van der Waals surface area (Å²) in [5.74, 6) is 0. The smallest absolute Gasteiger partial charge is 0.0157 e. The quantitative estimate of drug-likeness (QED) is 0.578. The van der Waals surface area contributed by atoms with E-state index in [2.05, 4.69) is 25.3 Å². The molecule has 0 saturated heterocycles. The maximum absolute atomic E-state index is 3.74. The van der Waals surface area contributed by atoms with Crippen LogP contribution in [0.1, 0.15) is 34.1 Å². The Kier molecular flexibility index (Phi) is 13.7. The Balaban J connectivity index is 0. The molecule has 1 aliphatic rings. The lowest BCUT2D eigenvalue weighted by atomic mass is 10.1. The summed E-state index contributed by atoms with van der Waals surface area (Å²) in [6.45, 7) is 15.5. The minimum absolute atomic E-state index is 0.981. The fourth-order valence-corrected chi connectivity index (χ4v) is 1.05. The van der Waals surface area contributed by atoms with Gasteiger partial charge in [0.25, 0.3) is 0 Å². The van der Waals surface area contributed by atoms with Gasteiger partial charge in [0.05, 0.1) is 0 Å². The van der Waals surface area contributed by atoms with E-state index < -0.39 is 0 Å². The number of rotatable bonds is 2. The predicted molar refractivity (Wildman–Crippen MR) is 73.0 cm³/mol. The van der Waals surface area contributed by atoms with Crippen LogP contribution in [-0.4, -0.2) is 0 Å². The maximum atomic E-state index is 3.74. The Morgan fingerprint density at radius 1 is 1.00 bits per heavy atom. The molecule has 84 valence electrons. The summed E-state index contributed by atoms with van der Waals surface area (Å²) in [6.07, 6.45) is 13.0. The average molecular weight is 204 g/mol. The third-order valence-corrected chi connectivity index (χ3v) is 1.66. The molecule has 1 aliphatic carbocycles. The van der Waals surface area contributed by atoms with Crippen molar-refractivity contribution in [1.82, 2.24) is 0 Å². The first-order valence-corrected chi connectivity index (χ1v) is 5.70. The zero-order chi connectivity index (χ0) is 12.1. The van der Waals surface area contributed by atoms with Crippen molar-refractivity contribution in [3.05, 3.63) is 60.8 Å². The summed E-state index contributed by atoms with van der Waals surface area (Å²) in [7, 11) is 0. The number of allylic oxidation sites excluding steroid dienone is 8. The van der Waals surface area contributed by atoms with E-state index in [1.807, 2.05) is 52.0 Å². The molecule has 0 nitrogen and oxygen atoms in total. The Hall–Kier alpha value is -1.30. The van der Waals surface area contributed by atoms with Crippen molar-refractivity contribution in [3.8, 4) is 0 Å². The third kappa shape index (κ3) is 6.73. The van der Waals surface area contributed by atoms with Gasteiger partial charge in [-0.25, -0.2) is 0 Å². The summed E-state index contributed by atoms with van der Waals surface area (Å²) in [5, 5.41) is 0. The average Bonchev–Trinajstić information content (AvgIpc) is 2.58. The first-order chi connectivity index (χ1) is 7.38. The molecule has 0 aromatic heterocycles. The van der Waals surface area contributed by atoms with Gasteiger partial charge >= 0.3 is 0 Å². The summed E-state index contributed by atoms with van der Waals surface area (Å²) >= 11 is 0. The van der Waals surface area contributed by atoms with Crippen molar-refractivity contribution in [2.75, 3.05) is 0 Å². The SMILES string of the molecule is C=CC1=CC=CCC=C1C=C.CC.CC. The van der Waals surface area contributed by atoms with Crippen molar-refractivity contribution in [3.63, 3.8) is 0 Å². The maximum Gasteiger partial charge on any atom is -0.0157 e. The van der Waals surface area contributed by atoms with Crippen LogP contribution in [0.4, 0.5) is 0 Å². The standard InChI is InChI=1S/C11H12.2C2H6/c1-3-10-8-6-5-7-9-11(10)4-2;2*1-2/h3-6,8-9H,1-2,7H2;2*1-2H3. The molecule has 0 saturated carbocycles. The van der Waals surface area contributed by atoms with Gasteiger partial charge in [-0.15, -0.1) is 0 Å². The predicted octanol–water partition coefficient (Wildman–Crippen LogP) is 5.22. The highest BCUT2D eigenvalue weighted by atomic mass is 14.0. The van der Waals surface area contributed by atoms with E-state index in [9.17, 15) is 0 Å². The highest BCUT2D eigenvalue weighted by molar-refractivity contribution is 5.48. The Morgan fingerprint density at radius 3 is 2.00 bits per heavy atom. The lowest BCUT2D eigenvalue weighted by molar-refractivity contribution is 1.37. The first kappa shape index (κ1) is 16.1. The molecule has 0 heteroatoms. The van der Waals surface area contributed by atoms with Crippen LogP contribution < -0.4 is 0 Å². The second kappa shape index (κ2) is 12.7. The first-order valence-electron chi connectivity index (χ1n) is 5.70. The van der Waals surface area contributed by atoms with E-state index in [1.165, 1.54) is 5.57 Å². The molecule has 0 aromatic rings. The Morgan fingerprint density at radius 2 is 1.53 bits per heavy atom. The van der Waals surface area contributed by atoms with Crippen LogP contribution in [0.3, 0.4) is 0 Å². The fraction of sp³-hybridized carbons (Fsp3) is 0.333. The molecular formula is C15H24. The van der Waals surface area contributed by atoms with Crippen LogP contribution in [0.15, 0.2) is 60.8 Å². The largest absolute Gasteiger partial charge is 0.0985 e. The van der Waals surface area contributed by atoms with E-state index in [-0.39, 0.29) is 0 Å². The van der Waals surface area contributed by atoms with Crippen molar-refractivity contribution >= 4 is 0 Å². The highest BCUT2D eigenvalue weighted by Gasteiger charge is 1.96. The van der Waals surface area contributed by atoms with E-state index in [4.69, 9.17) is 0 Å². The van der Waals surface area contributed by atoms with Gasteiger partial charge in [0.15, 0.2) is 0 Å². The molecule has 15 heavy (non-hydrogen) atoms. The van der Waals surface area contributed by atoms with Crippen LogP contribution in [0.5, 0.6) is 0 Å². The van der Waals surface area contributed by atoms with Gasteiger partial charge in [-0.05, 0) is 17.6 Å². The molecular weight excluding hydrogens is 180 g/mol. The van der Waals surface area contributed by atoms with Crippen LogP contribution in [0.2, 0.25) is 0 Å². The van der Waals surface area contributed by atoms with Crippen molar-refractivity contribution in [2.45, 2.75) is 34.1 Å². The molecule has 1 rings (SSSR count). The second-order valence-electron chi connectivity index (χ2n) is 2.35. The number of hydrogen-bond donors (Lipinski definition) is 0. The van der Waals surface area contributed by atoms with E-state index in [0.29, 0.717) is 0 Å². The molecule has 0 amide bonds. The molecule has 0 radical (unpaired) electrons. The van der Waals surface area contributed by atoms with Gasteiger partial charge in [0.1, 0.15) is 0 Å². The van der Waals surface area contributed by atoms with Crippen LogP contribution in [0.25, 0.3) is 0 Å². The van der Waals surface area contributed by atoms with Gasteiger partial charge in [-0.2, -0.15) is 0 Å². The monoisotopic (exact) mass is 204 g/mol. The van der Waals surface area contributed by atoms with Crippen LogP contribution >= 0.6 is 0 Å². The molecule has 0 unspecified atom stereocenters. The highest BCUT2D eigenvalue weighted by Crippen LogP contribution is 2.15. The van der Waals surface area contributed by atoms with Gasteiger partial charge in [-0.1, -0.05) is 77.3 Å². The van der Waals surface area contributed by atoms with Gasteiger partial charge in [-0.3, -0.25) is 0 Å². The summed E-state index contributed by atoms with van der Waals surface area (Å²) in [4.78, 5) is 0. The van der Waals surface area contributed by atoms with Gasteiger partial charge in [0, 0.05) is 0 Å². The zero-order valence-corrected chi connectivity index (χ0v) is 10.6. The second-order valence-corrected chi connectivity index (χ2v) is 2.35. The van der Waals surface area contributed by atoms with Crippen LogP contribution in [-0.2, 0) is 0 Å². The third-order valence-electron chi connectivity index (χ3n) is 1.66. The van der Waals surface area contributed by atoms with E-state index in [1.54, 1.807) is 0 Å². The molecule has 0 atom stereocenters. The minimum Gasteiger partial charge on any atom is -0.0985 e. The lowest BCUT2D eigenvalue weighted by Gasteiger charge is -1.98. The molecule has 0 heterocycles. The van der Waals surface area contributed by atoms with Crippen molar-refractivity contribution < 1.29 is 0 Å². The van der Waals surface area contributed by atoms with E-state index >= 15 is 0 Å². The molecule has 0 N–H and O–H groups in total. The van der Waals surface area contributed by atoms with Crippen molar-refractivity contribution in [2.24, 2.45) is 0 Å². The molecule has 0 bridgehead atoms. The Labute approximate surface area is 95.4 Å². The number of hydrogen-bond acceptors (Lipinski definition) is 0. The molecule has 0 spiro atoms. The topological polar surface area (TPSA) is 0 Å². The van der Waals surface area contributed by atoms with Crippen LogP contribution in [0, 0.1) is 0 Å². The summed E-state index contributed by atoms with van der Waals surface area (Å²) < 4.78 is 0. The minimum atomic E-state index is 0.981. The Bertz CT molecular complexity index is 249. The molecule has 0 aliphatic heterocycles. The summed E-state index contributed by atoms with van der Waals surface area (Å²) in [6, 6.07) is 0. The summed E-state index contributed by atoms with van der Waals surface area (Å²) in [5.41, 5.74) is 2.32. The zero-order valence-electron chi connectivity index (χ0n) is 10.6. The lowest BCUT2D eigenvalue weighted by Crippen LogP contribution is -1.79. The van der Waals surface area contributed by atoms with E-state index in [0.717, 1.165) is 12.0 Å².